The fourth-order valence-corrected chi connectivity index (χ4v) is 2.94. The van der Waals surface area contributed by atoms with Crippen molar-refractivity contribution in [3.63, 3.8) is 0 Å². The lowest BCUT2D eigenvalue weighted by molar-refractivity contribution is 0.884. The number of rotatable bonds is 4. The van der Waals surface area contributed by atoms with Crippen LogP contribution in [0.4, 0.5) is 0 Å². The van der Waals surface area contributed by atoms with Crippen molar-refractivity contribution in [2.45, 2.75) is 19.8 Å². The van der Waals surface area contributed by atoms with Gasteiger partial charge in [-0.25, -0.2) is 0 Å². The molecule has 0 radical (unpaired) electrons. The molecule has 1 aromatic carbocycles. The van der Waals surface area contributed by atoms with Crippen molar-refractivity contribution in [2.75, 3.05) is 0 Å². The van der Waals surface area contributed by atoms with Crippen LogP contribution in [0.25, 0.3) is 21.6 Å². The zero-order valence-corrected chi connectivity index (χ0v) is 12.2. The molecule has 0 saturated heterocycles. The second kappa shape index (κ2) is 5.97. The van der Waals surface area contributed by atoms with Crippen LogP contribution in [0.1, 0.15) is 19.0 Å². The number of hydrogen-bond acceptors (Lipinski definition) is 3. The molecule has 100 valence electrons. The fourth-order valence-electron chi connectivity index (χ4n) is 2.29. The molecule has 2 aromatic heterocycles. The first kappa shape index (κ1) is 13.0. The third-order valence-electron chi connectivity index (χ3n) is 3.25. The van der Waals surface area contributed by atoms with Gasteiger partial charge in [-0.15, -0.1) is 11.3 Å². The lowest BCUT2D eigenvalue weighted by Gasteiger charge is -2.10. The maximum absolute atomic E-state index is 4.59. The van der Waals surface area contributed by atoms with Gasteiger partial charge in [-0.3, -0.25) is 9.97 Å². The second-order valence-electron chi connectivity index (χ2n) is 4.70. The number of hydrogen-bond donors (Lipinski definition) is 0. The summed E-state index contributed by atoms with van der Waals surface area (Å²) < 4.78 is 0. The van der Waals surface area contributed by atoms with E-state index in [0.717, 1.165) is 18.5 Å². The van der Waals surface area contributed by atoms with Crippen molar-refractivity contribution in [3.05, 3.63) is 60.0 Å². The summed E-state index contributed by atoms with van der Waals surface area (Å²) in [6.07, 6.45) is 6.03. The van der Waals surface area contributed by atoms with Gasteiger partial charge in [0.05, 0.1) is 10.4 Å². The van der Waals surface area contributed by atoms with Gasteiger partial charge in [0.15, 0.2) is 0 Å². The molecule has 2 nitrogen and oxygen atoms in total. The average Bonchev–Trinajstić information content (AvgIpc) is 3.03. The molecule has 3 heteroatoms. The van der Waals surface area contributed by atoms with Gasteiger partial charge in [-0.05, 0) is 23.6 Å². The Bertz CT molecular complexity index is 675. The molecule has 0 aliphatic carbocycles. The van der Waals surface area contributed by atoms with E-state index in [9.17, 15) is 0 Å². The first-order chi connectivity index (χ1) is 9.88. The van der Waals surface area contributed by atoms with Crippen LogP contribution >= 0.6 is 11.3 Å². The predicted molar refractivity (Wildman–Crippen MR) is 84.8 cm³/mol. The number of thiazole rings is 1. The van der Waals surface area contributed by atoms with Crippen molar-refractivity contribution in [1.82, 2.24) is 9.97 Å². The van der Waals surface area contributed by atoms with E-state index < -0.39 is 0 Å². The van der Waals surface area contributed by atoms with Crippen LogP contribution < -0.4 is 0 Å². The topological polar surface area (TPSA) is 25.8 Å². The Morgan fingerprint density at radius 2 is 1.90 bits per heavy atom. The molecular weight excluding hydrogens is 264 g/mol. The van der Waals surface area contributed by atoms with Gasteiger partial charge in [0.1, 0.15) is 0 Å². The van der Waals surface area contributed by atoms with E-state index in [1.54, 1.807) is 11.3 Å². The smallest absolute Gasteiger partial charge is 0.0797 e. The molecule has 0 saturated carbocycles. The van der Waals surface area contributed by atoms with Crippen LogP contribution in [0.3, 0.4) is 0 Å². The Hall–Kier alpha value is -2.00. The average molecular weight is 280 g/mol. The summed E-state index contributed by atoms with van der Waals surface area (Å²) in [7, 11) is 0. The molecule has 3 aromatic rings. The van der Waals surface area contributed by atoms with Gasteiger partial charge in [-0.2, -0.15) is 0 Å². The van der Waals surface area contributed by atoms with Gasteiger partial charge in [0.25, 0.3) is 0 Å². The van der Waals surface area contributed by atoms with E-state index in [4.69, 9.17) is 0 Å². The molecule has 0 spiro atoms. The normalized spacial score (nSPS) is 10.7. The molecule has 0 unspecified atom stereocenters. The minimum atomic E-state index is 1.02. The summed E-state index contributed by atoms with van der Waals surface area (Å²) >= 11 is 1.65. The predicted octanol–water partition coefficient (Wildman–Crippen LogP) is 4.82. The van der Waals surface area contributed by atoms with E-state index >= 15 is 0 Å². The van der Waals surface area contributed by atoms with Gasteiger partial charge in [0.2, 0.25) is 0 Å². The lowest BCUT2D eigenvalue weighted by atomic mass is 9.99. The third kappa shape index (κ3) is 2.63. The third-order valence-corrected chi connectivity index (χ3v) is 4.06. The largest absolute Gasteiger partial charge is 0.261 e. The van der Waals surface area contributed by atoms with E-state index in [2.05, 4.69) is 47.2 Å². The minimum absolute atomic E-state index is 1.02. The van der Waals surface area contributed by atoms with Crippen molar-refractivity contribution in [2.24, 2.45) is 0 Å². The van der Waals surface area contributed by atoms with E-state index in [0.29, 0.717) is 0 Å². The molecule has 3 rings (SSSR count). The standard InChI is InChI=1S/C17H16N2S/c1-2-6-14-9-15(13-7-4-3-5-8-13)16(10-19-14)17-11-18-12-20-17/h3-5,7-12H,2,6H2,1H3. The Morgan fingerprint density at radius 1 is 1.05 bits per heavy atom. The van der Waals surface area contributed by atoms with Crippen LogP contribution in [0.5, 0.6) is 0 Å². The van der Waals surface area contributed by atoms with Gasteiger partial charge in [-0.1, -0.05) is 43.7 Å². The highest BCUT2D eigenvalue weighted by atomic mass is 32.1. The number of benzene rings is 1. The molecule has 0 fully saturated rings. The maximum Gasteiger partial charge on any atom is 0.0797 e. The summed E-state index contributed by atoms with van der Waals surface area (Å²) in [6.45, 7) is 2.18. The number of pyridine rings is 1. The molecule has 0 amide bonds. The SMILES string of the molecule is CCCc1cc(-c2ccccc2)c(-c2cncs2)cn1. The minimum Gasteiger partial charge on any atom is -0.261 e. The summed E-state index contributed by atoms with van der Waals surface area (Å²) in [6, 6.07) is 12.7. The van der Waals surface area contributed by atoms with Crippen LogP contribution in [0, 0.1) is 0 Å². The summed E-state index contributed by atoms with van der Waals surface area (Å²) in [5.74, 6) is 0. The molecule has 0 atom stereocenters. The van der Waals surface area contributed by atoms with E-state index in [1.807, 2.05) is 24.0 Å². The zero-order chi connectivity index (χ0) is 13.8. The van der Waals surface area contributed by atoms with Gasteiger partial charge >= 0.3 is 0 Å². The zero-order valence-electron chi connectivity index (χ0n) is 11.4. The Morgan fingerprint density at radius 3 is 2.60 bits per heavy atom. The first-order valence-corrected chi connectivity index (χ1v) is 7.69. The van der Waals surface area contributed by atoms with Crippen LogP contribution in [-0.2, 0) is 6.42 Å². The number of nitrogens with zero attached hydrogens (tertiary/aromatic N) is 2. The van der Waals surface area contributed by atoms with Crippen molar-refractivity contribution < 1.29 is 0 Å². The monoisotopic (exact) mass is 280 g/mol. The highest BCUT2D eigenvalue weighted by Crippen LogP contribution is 2.34. The molecule has 0 aliphatic rings. The Labute approximate surface area is 123 Å². The molecule has 20 heavy (non-hydrogen) atoms. The Kier molecular flexibility index (Phi) is 3.88. The highest BCUT2D eigenvalue weighted by Gasteiger charge is 2.10. The van der Waals surface area contributed by atoms with Crippen molar-refractivity contribution >= 4 is 11.3 Å². The lowest BCUT2D eigenvalue weighted by Crippen LogP contribution is -1.92. The molecule has 0 bridgehead atoms. The quantitative estimate of drug-likeness (QED) is 0.684. The molecule has 0 N–H and O–H groups in total. The second-order valence-corrected chi connectivity index (χ2v) is 5.59. The van der Waals surface area contributed by atoms with E-state index in [-0.39, 0.29) is 0 Å². The summed E-state index contributed by atoms with van der Waals surface area (Å²) in [5, 5.41) is 0. The van der Waals surface area contributed by atoms with E-state index in [1.165, 1.54) is 21.6 Å². The van der Waals surface area contributed by atoms with Crippen LogP contribution in [0.15, 0.2) is 54.3 Å². The van der Waals surface area contributed by atoms with Crippen molar-refractivity contribution in [3.8, 4) is 21.6 Å². The maximum atomic E-state index is 4.59. The number of aromatic nitrogens is 2. The van der Waals surface area contributed by atoms with Gasteiger partial charge in [0, 0.05) is 23.7 Å². The van der Waals surface area contributed by atoms with Crippen LogP contribution in [-0.4, -0.2) is 9.97 Å². The van der Waals surface area contributed by atoms with Crippen molar-refractivity contribution in [1.29, 1.82) is 0 Å². The molecule has 0 aliphatic heterocycles. The fraction of sp³-hybridized carbons (Fsp3) is 0.176. The summed E-state index contributed by atoms with van der Waals surface area (Å²) in [5.41, 5.74) is 6.66. The van der Waals surface area contributed by atoms with Crippen LogP contribution in [0.2, 0.25) is 0 Å². The first-order valence-electron chi connectivity index (χ1n) is 6.81. The highest BCUT2D eigenvalue weighted by molar-refractivity contribution is 7.13. The summed E-state index contributed by atoms with van der Waals surface area (Å²) in [4.78, 5) is 9.94. The molecule has 2 heterocycles. The Balaban J connectivity index is 2.15. The number of aryl methyl sites for hydroxylation is 1. The molecular formula is C17H16N2S. The van der Waals surface area contributed by atoms with Gasteiger partial charge < -0.3 is 0 Å².